The number of hydrogen-bond acceptors (Lipinski definition) is 5. The average Bonchev–Trinajstić information content (AvgIpc) is 3.46. The Kier molecular flexibility index (Phi) is 8.48. The number of hydrogen-bond donors (Lipinski definition) is 2. The lowest BCUT2D eigenvalue weighted by Crippen LogP contribution is -2.32. The third kappa shape index (κ3) is 5.49. The molecule has 37 heavy (non-hydrogen) atoms. The average molecular weight is 524 g/mol. The van der Waals surface area contributed by atoms with Crippen LogP contribution in [0.4, 0.5) is 0 Å². The molecule has 1 aliphatic rings. The molecule has 0 spiro atoms. The van der Waals surface area contributed by atoms with Crippen LogP contribution in [-0.4, -0.2) is 51.5 Å². The summed E-state index contributed by atoms with van der Waals surface area (Å²) in [6, 6.07) is 10.9. The predicted octanol–water partition coefficient (Wildman–Crippen LogP) is 5.33. The van der Waals surface area contributed by atoms with E-state index in [-0.39, 0.29) is 23.7 Å². The molecule has 0 bridgehead atoms. The van der Waals surface area contributed by atoms with Crippen molar-refractivity contribution in [3.8, 4) is 5.75 Å². The van der Waals surface area contributed by atoms with E-state index in [2.05, 4.69) is 16.8 Å². The molecule has 0 saturated heterocycles. The number of aromatic nitrogens is 2. The Morgan fingerprint density at radius 3 is 2.73 bits per heavy atom. The molecule has 2 amide bonds. The number of methoxy groups -OCH3 is 1. The Balaban J connectivity index is 1.66. The van der Waals surface area contributed by atoms with E-state index in [0.717, 1.165) is 41.0 Å². The van der Waals surface area contributed by atoms with E-state index in [0.29, 0.717) is 49.3 Å². The van der Waals surface area contributed by atoms with Crippen LogP contribution in [0, 0.1) is 5.41 Å². The first-order chi connectivity index (χ1) is 17.9. The Labute approximate surface area is 222 Å². The minimum Gasteiger partial charge on any atom is -0.497 e. The minimum atomic E-state index is -0.370. The van der Waals surface area contributed by atoms with Gasteiger partial charge in [0.1, 0.15) is 11.6 Å². The highest BCUT2D eigenvalue weighted by atomic mass is 35.5. The molecule has 0 aliphatic carbocycles. The van der Waals surface area contributed by atoms with Crippen LogP contribution >= 0.6 is 11.6 Å². The number of ether oxygens (including phenoxy) is 1. The zero-order chi connectivity index (χ0) is 26.5. The molecule has 2 heterocycles. The molecule has 4 rings (SSSR count). The molecule has 9 heteroatoms. The SMILES string of the molecule is CCN1Cc2cccc(C(=O)N[C@@H](CCCCC(=N)CCl)c3nc4cc(OC)ccc4n3CC)c2C1=O. The summed E-state index contributed by atoms with van der Waals surface area (Å²) >= 11 is 5.78. The van der Waals surface area contributed by atoms with Gasteiger partial charge in [-0.25, -0.2) is 4.98 Å². The molecular weight excluding hydrogens is 490 g/mol. The molecule has 0 radical (unpaired) electrons. The number of nitrogens with zero attached hydrogens (tertiary/aromatic N) is 3. The zero-order valence-electron chi connectivity index (χ0n) is 21.6. The summed E-state index contributed by atoms with van der Waals surface area (Å²) in [6.07, 6.45) is 2.85. The lowest BCUT2D eigenvalue weighted by atomic mass is 10.0. The predicted molar refractivity (Wildman–Crippen MR) is 146 cm³/mol. The minimum absolute atomic E-state index is 0.104. The number of carbonyl (C=O) groups excluding carboxylic acids is 2. The highest BCUT2D eigenvalue weighted by Gasteiger charge is 2.32. The number of halogens is 1. The number of benzene rings is 2. The van der Waals surface area contributed by atoms with Gasteiger partial charge >= 0.3 is 0 Å². The molecular formula is C28H34ClN5O3. The van der Waals surface area contributed by atoms with Gasteiger partial charge in [-0.3, -0.25) is 9.59 Å². The number of amides is 2. The highest BCUT2D eigenvalue weighted by molar-refractivity contribution is 6.28. The highest BCUT2D eigenvalue weighted by Crippen LogP contribution is 2.29. The summed E-state index contributed by atoms with van der Waals surface area (Å²) in [6.45, 7) is 5.80. The van der Waals surface area contributed by atoms with E-state index in [1.54, 1.807) is 18.1 Å². The summed E-state index contributed by atoms with van der Waals surface area (Å²) in [5.41, 5.74) is 4.04. The monoisotopic (exact) mass is 523 g/mol. The summed E-state index contributed by atoms with van der Waals surface area (Å²) in [5.74, 6) is 1.33. The first-order valence-corrected chi connectivity index (χ1v) is 13.3. The zero-order valence-corrected chi connectivity index (χ0v) is 22.4. The van der Waals surface area contributed by atoms with Crippen LogP contribution in [0.3, 0.4) is 0 Å². The van der Waals surface area contributed by atoms with Crippen molar-refractivity contribution in [2.24, 2.45) is 0 Å². The fourth-order valence-electron chi connectivity index (χ4n) is 4.97. The molecule has 1 atom stereocenters. The van der Waals surface area contributed by atoms with E-state index >= 15 is 0 Å². The molecule has 0 fully saturated rings. The van der Waals surface area contributed by atoms with Gasteiger partial charge in [-0.1, -0.05) is 18.6 Å². The van der Waals surface area contributed by atoms with Crippen molar-refractivity contribution in [1.29, 1.82) is 5.41 Å². The lowest BCUT2D eigenvalue weighted by Gasteiger charge is -2.20. The number of nitrogens with one attached hydrogen (secondary N) is 2. The number of carbonyl (C=O) groups is 2. The molecule has 196 valence electrons. The maximum atomic E-state index is 13.6. The van der Waals surface area contributed by atoms with Gasteiger partial charge in [0.2, 0.25) is 0 Å². The smallest absolute Gasteiger partial charge is 0.255 e. The Morgan fingerprint density at radius 1 is 1.22 bits per heavy atom. The topological polar surface area (TPSA) is 100 Å². The van der Waals surface area contributed by atoms with Crippen molar-refractivity contribution < 1.29 is 14.3 Å². The van der Waals surface area contributed by atoms with Crippen molar-refractivity contribution in [3.63, 3.8) is 0 Å². The molecule has 8 nitrogen and oxygen atoms in total. The number of unbranched alkanes of at least 4 members (excludes halogenated alkanes) is 1. The van der Waals surface area contributed by atoms with Gasteiger partial charge in [-0.05, 0) is 56.9 Å². The van der Waals surface area contributed by atoms with Crippen LogP contribution in [0.5, 0.6) is 5.75 Å². The van der Waals surface area contributed by atoms with Gasteiger partial charge < -0.3 is 24.9 Å². The maximum absolute atomic E-state index is 13.6. The van der Waals surface area contributed by atoms with Crippen molar-refractivity contribution in [1.82, 2.24) is 19.8 Å². The first-order valence-electron chi connectivity index (χ1n) is 12.8. The van der Waals surface area contributed by atoms with Crippen LogP contribution in [0.15, 0.2) is 36.4 Å². The number of aryl methyl sites for hydroxylation is 1. The molecule has 3 aromatic rings. The van der Waals surface area contributed by atoms with Crippen LogP contribution in [0.25, 0.3) is 11.0 Å². The second kappa shape index (κ2) is 11.8. The van der Waals surface area contributed by atoms with Crippen molar-refractivity contribution >= 4 is 40.2 Å². The standard InChI is InChI=1S/C28H34ClN5O3/c1-4-33-17-18-9-8-11-21(25(18)28(33)36)27(35)32-22(12-7-6-10-19(30)16-29)26-31-23-15-20(37-3)13-14-24(23)34(26)5-2/h8-9,11,13-15,22,30H,4-7,10,12,16-17H2,1-3H3,(H,32,35)/t22-/m0/s1. The largest absolute Gasteiger partial charge is 0.497 e. The Hall–Kier alpha value is -3.39. The van der Waals surface area contributed by atoms with Crippen molar-refractivity contribution in [2.45, 2.75) is 58.7 Å². The van der Waals surface area contributed by atoms with Gasteiger partial charge in [0.15, 0.2) is 0 Å². The molecule has 1 aliphatic heterocycles. The third-order valence-electron chi connectivity index (χ3n) is 6.94. The molecule has 0 saturated carbocycles. The molecule has 2 aromatic carbocycles. The molecule has 0 unspecified atom stereocenters. The van der Waals surface area contributed by atoms with E-state index in [9.17, 15) is 9.59 Å². The fraction of sp³-hybridized carbons (Fsp3) is 0.429. The van der Waals surface area contributed by atoms with Crippen LogP contribution in [-0.2, 0) is 13.1 Å². The molecule has 2 N–H and O–H groups in total. The van der Waals surface area contributed by atoms with Crippen LogP contribution in [0.2, 0.25) is 0 Å². The van der Waals surface area contributed by atoms with E-state index in [1.165, 1.54) is 0 Å². The number of imidazole rings is 1. The van der Waals surface area contributed by atoms with Gasteiger partial charge in [0.05, 0.1) is 41.2 Å². The van der Waals surface area contributed by atoms with Crippen LogP contribution in [0.1, 0.15) is 77.7 Å². The Morgan fingerprint density at radius 2 is 2.03 bits per heavy atom. The first kappa shape index (κ1) is 26.7. The summed E-state index contributed by atoms with van der Waals surface area (Å²) in [7, 11) is 1.62. The maximum Gasteiger partial charge on any atom is 0.255 e. The summed E-state index contributed by atoms with van der Waals surface area (Å²) in [5, 5.41) is 11.0. The fourth-order valence-corrected chi connectivity index (χ4v) is 5.11. The van der Waals surface area contributed by atoms with Gasteiger partial charge in [-0.15, -0.1) is 11.6 Å². The van der Waals surface area contributed by atoms with Gasteiger partial charge in [0, 0.05) is 31.4 Å². The van der Waals surface area contributed by atoms with Gasteiger partial charge in [-0.2, -0.15) is 0 Å². The lowest BCUT2D eigenvalue weighted by molar-refractivity contribution is 0.0780. The second-order valence-electron chi connectivity index (χ2n) is 9.24. The quantitative estimate of drug-likeness (QED) is 0.190. The van der Waals surface area contributed by atoms with Crippen molar-refractivity contribution in [3.05, 3.63) is 58.9 Å². The van der Waals surface area contributed by atoms with Crippen molar-refractivity contribution in [2.75, 3.05) is 19.5 Å². The molecule has 1 aromatic heterocycles. The number of alkyl halides is 1. The summed E-state index contributed by atoms with van der Waals surface area (Å²) in [4.78, 5) is 33.3. The van der Waals surface area contributed by atoms with Gasteiger partial charge in [0.25, 0.3) is 11.8 Å². The van der Waals surface area contributed by atoms with E-state index in [1.807, 2.05) is 37.3 Å². The Bertz CT molecular complexity index is 1320. The second-order valence-corrected chi connectivity index (χ2v) is 9.50. The van der Waals surface area contributed by atoms with E-state index in [4.69, 9.17) is 26.7 Å². The number of fused-ring (bicyclic) bond motifs is 2. The normalized spacial score (nSPS) is 13.6. The summed E-state index contributed by atoms with van der Waals surface area (Å²) < 4.78 is 7.50. The van der Waals surface area contributed by atoms with E-state index < -0.39 is 0 Å². The van der Waals surface area contributed by atoms with Crippen LogP contribution < -0.4 is 10.1 Å². The number of rotatable bonds is 12. The third-order valence-corrected chi connectivity index (χ3v) is 7.26.